The summed E-state index contributed by atoms with van der Waals surface area (Å²) in [6.45, 7) is 3.40. The Labute approximate surface area is 195 Å². The van der Waals surface area contributed by atoms with E-state index < -0.39 is 0 Å². The Morgan fingerprint density at radius 3 is 2.81 bits per heavy atom. The fraction of sp³-hybridized carbons (Fsp3) is 0.455. The Morgan fingerprint density at radius 2 is 2.06 bits per heavy atom. The van der Waals surface area contributed by atoms with Gasteiger partial charge in [0.2, 0.25) is 17.8 Å². The molecule has 1 aromatic carbocycles. The van der Waals surface area contributed by atoms with E-state index in [1.807, 2.05) is 31.2 Å². The van der Waals surface area contributed by atoms with Crippen molar-refractivity contribution < 1.29 is 9.90 Å². The van der Waals surface area contributed by atoms with E-state index in [0.29, 0.717) is 36.9 Å². The lowest BCUT2D eigenvalue weighted by Gasteiger charge is -2.35. The zero-order chi connectivity index (χ0) is 22.5. The van der Waals surface area contributed by atoms with Crippen molar-refractivity contribution in [3.8, 4) is 0 Å². The standard InChI is InChI=1S/C22H28BrN7O2/c1-2-19(32)26-16-8-6-15(7-9-16)13-24-21-28-22(27-20-18(23)14-25-30(20)21)29-11-4-3-5-17(29)10-12-31/h6-9,14,17,31H,2-5,10-13H2,1H3,(H,26,32)(H,24,27,28)/t17-/m0/s1. The summed E-state index contributed by atoms with van der Waals surface area (Å²) in [4.78, 5) is 23.3. The first-order chi connectivity index (χ1) is 15.6. The van der Waals surface area contributed by atoms with Crippen molar-refractivity contribution >= 4 is 45.1 Å². The minimum absolute atomic E-state index is 0.00624. The first kappa shape index (κ1) is 22.5. The van der Waals surface area contributed by atoms with E-state index in [1.165, 1.54) is 0 Å². The summed E-state index contributed by atoms with van der Waals surface area (Å²) in [7, 11) is 0. The van der Waals surface area contributed by atoms with Gasteiger partial charge in [-0.1, -0.05) is 19.1 Å². The van der Waals surface area contributed by atoms with Crippen molar-refractivity contribution in [3.63, 3.8) is 0 Å². The molecule has 1 saturated heterocycles. The Bertz CT molecular complexity index is 1070. The van der Waals surface area contributed by atoms with Gasteiger partial charge >= 0.3 is 0 Å². The van der Waals surface area contributed by atoms with Crippen LogP contribution in [0.2, 0.25) is 0 Å². The Balaban J connectivity index is 1.56. The van der Waals surface area contributed by atoms with Crippen LogP contribution in [0.25, 0.3) is 5.65 Å². The monoisotopic (exact) mass is 501 g/mol. The summed E-state index contributed by atoms with van der Waals surface area (Å²) in [6, 6.07) is 7.96. The molecule has 170 valence electrons. The number of nitrogens with one attached hydrogen (secondary N) is 2. The number of piperidine rings is 1. The number of aromatic nitrogens is 4. The first-order valence-corrected chi connectivity index (χ1v) is 11.8. The zero-order valence-corrected chi connectivity index (χ0v) is 19.7. The van der Waals surface area contributed by atoms with Crippen molar-refractivity contribution in [2.45, 2.75) is 51.6 Å². The number of amides is 1. The summed E-state index contributed by atoms with van der Waals surface area (Å²) < 4.78 is 2.49. The third-order valence-electron chi connectivity index (χ3n) is 5.67. The molecule has 2 aromatic heterocycles. The summed E-state index contributed by atoms with van der Waals surface area (Å²) in [6.07, 6.45) is 6.13. The van der Waals surface area contributed by atoms with E-state index in [2.05, 4.69) is 36.6 Å². The number of nitrogens with zero attached hydrogens (tertiary/aromatic N) is 5. The van der Waals surface area contributed by atoms with Crippen LogP contribution < -0.4 is 15.5 Å². The van der Waals surface area contributed by atoms with Gasteiger partial charge in [-0.25, -0.2) is 0 Å². The molecule has 32 heavy (non-hydrogen) atoms. The maximum Gasteiger partial charge on any atom is 0.230 e. The van der Waals surface area contributed by atoms with Gasteiger partial charge in [-0.2, -0.15) is 19.6 Å². The lowest BCUT2D eigenvalue weighted by molar-refractivity contribution is -0.115. The molecule has 9 nitrogen and oxygen atoms in total. The van der Waals surface area contributed by atoms with Gasteiger partial charge in [-0.3, -0.25) is 4.79 Å². The molecule has 0 bridgehead atoms. The quantitative estimate of drug-likeness (QED) is 0.432. The van der Waals surface area contributed by atoms with E-state index >= 15 is 0 Å². The van der Waals surface area contributed by atoms with Crippen LogP contribution >= 0.6 is 15.9 Å². The average Bonchev–Trinajstić information content (AvgIpc) is 3.19. The van der Waals surface area contributed by atoms with E-state index in [4.69, 9.17) is 9.97 Å². The smallest absolute Gasteiger partial charge is 0.230 e. The van der Waals surface area contributed by atoms with Gasteiger partial charge in [0.05, 0.1) is 10.7 Å². The second kappa shape index (κ2) is 10.3. The first-order valence-electron chi connectivity index (χ1n) is 11.0. The van der Waals surface area contributed by atoms with Crippen LogP contribution in [0.3, 0.4) is 0 Å². The Morgan fingerprint density at radius 1 is 1.25 bits per heavy atom. The van der Waals surface area contributed by atoms with Crippen molar-refractivity contribution in [3.05, 3.63) is 40.5 Å². The molecule has 1 aliphatic rings. The van der Waals surface area contributed by atoms with Gasteiger partial charge in [-0.15, -0.1) is 0 Å². The number of hydrogen-bond acceptors (Lipinski definition) is 7. The number of carbonyl (C=O) groups excluding carboxylic acids is 1. The number of carbonyl (C=O) groups is 1. The molecule has 0 saturated carbocycles. The van der Waals surface area contributed by atoms with Gasteiger partial charge < -0.3 is 20.6 Å². The van der Waals surface area contributed by atoms with Crippen LogP contribution in [0.4, 0.5) is 17.6 Å². The molecule has 1 amide bonds. The minimum Gasteiger partial charge on any atom is -0.396 e. The van der Waals surface area contributed by atoms with Crippen LogP contribution in [0.15, 0.2) is 34.9 Å². The normalized spacial score (nSPS) is 16.3. The summed E-state index contributed by atoms with van der Waals surface area (Å²) >= 11 is 3.54. The van der Waals surface area contributed by atoms with Crippen molar-refractivity contribution in [2.24, 2.45) is 0 Å². The number of hydrogen-bond donors (Lipinski definition) is 3. The number of fused-ring (bicyclic) bond motifs is 1. The third-order valence-corrected chi connectivity index (χ3v) is 6.23. The Kier molecular flexibility index (Phi) is 7.21. The summed E-state index contributed by atoms with van der Waals surface area (Å²) in [5, 5.41) is 20.1. The van der Waals surface area contributed by atoms with Crippen molar-refractivity contribution in [2.75, 3.05) is 28.7 Å². The topological polar surface area (TPSA) is 108 Å². The highest BCUT2D eigenvalue weighted by atomic mass is 79.9. The van der Waals surface area contributed by atoms with E-state index in [0.717, 1.165) is 41.5 Å². The lowest BCUT2D eigenvalue weighted by atomic mass is 10.0. The maximum absolute atomic E-state index is 11.6. The van der Waals surface area contributed by atoms with Crippen LogP contribution in [-0.2, 0) is 11.3 Å². The Hall–Kier alpha value is -2.72. The fourth-order valence-corrected chi connectivity index (χ4v) is 4.28. The summed E-state index contributed by atoms with van der Waals surface area (Å²) in [5.41, 5.74) is 2.53. The highest BCUT2D eigenvalue weighted by Crippen LogP contribution is 2.27. The molecule has 0 aliphatic carbocycles. The zero-order valence-electron chi connectivity index (χ0n) is 18.1. The second-order valence-corrected chi connectivity index (χ2v) is 8.74. The van der Waals surface area contributed by atoms with Gasteiger partial charge in [-0.05, 0) is 59.3 Å². The van der Waals surface area contributed by atoms with Gasteiger partial charge in [0.25, 0.3) is 0 Å². The second-order valence-electron chi connectivity index (χ2n) is 7.88. The molecular formula is C22H28BrN7O2. The molecular weight excluding hydrogens is 474 g/mol. The van der Waals surface area contributed by atoms with Crippen LogP contribution in [0, 0.1) is 0 Å². The SMILES string of the molecule is CCC(=O)Nc1ccc(CNc2nc(N3CCCC[C@H]3CCO)nc3c(Br)cnn23)cc1. The molecule has 4 rings (SSSR count). The minimum atomic E-state index is -0.00624. The third kappa shape index (κ3) is 5.02. The summed E-state index contributed by atoms with van der Waals surface area (Å²) in [5.74, 6) is 1.25. The molecule has 3 N–H and O–H groups in total. The maximum atomic E-state index is 11.6. The number of benzene rings is 1. The van der Waals surface area contributed by atoms with Crippen LogP contribution in [0.5, 0.6) is 0 Å². The van der Waals surface area contributed by atoms with E-state index in [-0.39, 0.29) is 18.6 Å². The number of rotatable bonds is 8. The number of aliphatic hydroxyl groups is 1. The van der Waals surface area contributed by atoms with Crippen LogP contribution in [-0.4, -0.2) is 49.8 Å². The molecule has 1 fully saturated rings. The molecule has 1 atom stereocenters. The largest absolute Gasteiger partial charge is 0.396 e. The van der Waals surface area contributed by atoms with E-state index in [9.17, 15) is 9.90 Å². The molecule has 0 spiro atoms. The lowest BCUT2D eigenvalue weighted by Crippen LogP contribution is -2.41. The molecule has 0 radical (unpaired) electrons. The predicted molar refractivity (Wildman–Crippen MR) is 128 cm³/mol. The predicted octanol–water partition coefficient (Wildman–Crippen LogP) is 3.59. The molecule has 3 aromatic rings. The van der Waals surface area contributed by atoms with Crippen molar-refractivity contribution in [1.29, 1.82) is 0 Å². The van der Waals surface area contributed by atoms with Gasteiger partial charge in [0, 0.05) is 37.8 Å². The average molecular weight is 502 g/mol. The number of anilines is 3. The van der Waals surface area contributed by atoms with Gasteiger partial charge in [0.15, 0.2) is 5.65 Å². The van der Waals surface area contributed by atoms with Crippen LogP contribution in [0.1, 0.15) is 44.6 Å². The number of halogens is 1. The van der Waals surface area contributed by atoms with Crippen molar-refractivity contribution in [1.82, 2.24) is 19.6 Å². The molecule has 0 unspecified atom stereocenters. The molecule has 1 aliphatic heterocycles. The van der Waals surface area contributed by atoms with Gasteiger partial charge in [0.1, 0.15) is 0 Å². The molecule has 10 heteroatoms. The highest BCUT2D eigenvalue weighted by molar-refractivity contribution is 9.10. The van der Waals surface area contributed by atoms with E-state index in [1.54, 1.807) is 10.7 Å². The molecule has 3 heterocycles. The fourth-order valence-electron chi connectivity index (χ4n) is 3.93. The number of aliphatic hydroxyl groups excluding tert-OH is 1. The highest BCUT2D eigenvalue weighted by Gasteiger charge is 2.26.